The number of hydrogen-bond donors (Lipinski definition) is 2. The molecule has 0 unspecified atom stereocenters. The predicted molar refractivity (Wildman–Crippen MR) is 85.4 cm³/mol. The third-order valence-electron chi connectivity index (χ3n) is 5.82. The Balaban J connectivity index is 1.59. The molecule has 0 bridgehead atoms. The quantitative estimate of drug-likeness (QED) is 0.605. The Bertz CT molecular complexity index is 472. The minimum Gasteiger partial charge on any atom is -0.396 e. The maximum Gasteiger partial charge on any atom is 0.238 e. The maximum atomic E-state index is 12.6. The van der Waals surface area contributed by atoms with E-state index >= 15 is 0 Å². The summed E-state index contributed by atoms with van der Waals surface area (Å²) >= 11 is 0. The molecule has 3 aliphatic rings. The van der Waals surface area contributed by atoms with Crippen LogP contribution in [0.15, 0.2) is 0 Å². The third kappa shape index (κ3) is 3.22. The molecule has 7 nitrogen and oxygen atoms in total. The zero-order chi connectivity index (χ0) is 16.6. The Hall–Kier alpha value is -1.18. The second kappa shape index (κ2) is 6.37. The van der Waals surface area contributed by atoms with Gasteiger partial charge in [0.15, 0.2) is 0 Å². The van der Waals surface area contributed by atoms with Crippen molar-refractivity contribution in [2.24, 2.45) is 23.0 Å². The lowest BCUT2D eigenvalue weighted by Gasteiger charge is -2.34. The van der Waals surface area contributed by atoms with Gasteiger partial charge in [-0.15, -0.1) is 0 Å². The van der Waals surface area contributed by atoms with Gasteiger partial charge in [-0.3, -0.25) is 9.59 Å². The molecule has 0 aromatic rings. The standard InChI is InChI=1S/C16H28N4O3/c1-18-4-6-19(7-5-18)8-12-9-20(10-13(12)11-21)15(23)16(2-3-16)14(17)22/h12-13,21H,2-11H2,1H3,(H2,17,22)/t12-,13-/m1/s1. The van der Waals surface area contributed by atoms with E-state index < -0.39 is 11.3 Å². The fraction of sp³-hybridized carbons (Fsp3) is 0.875. The van der Waals surface area contributed by atoms with E-state index in [1.165, 1.54) is 0 Å². The number of nitrogens with zero attached hydrogens (tertiary/aromatic N) is 3. The van der Waals surface area contributed by atoms with Crippen LogP contribution in [0, 0.1) is 17.3 Å². The zero-order valence-electron chi connectivity index (χ0n) is 13.9. The molecule has 2 saturated heterocycles. The lowest BCUT2D eigenvalue weighted by Crippen LogP contribution is -2.47. The van der Waals surface area contributed by atoms with Crippen LogP contribution in [0.5, 0.6) is 0 Å². The number of carbonyl (C=O) groups excluding carboxylic acids is 2. The number of likely N-dealkylation sites (tertiary alicyclic amines) is 1. The van der Waals surface area contributed by atoms with Crippen molar-refractivity contribution in [2.45, 2.75) is 12.8 Å². The molecule has 3 fully saturated rings. The molecular weight excluding hydrogens is 296 g/mol. The van der Waals surface area contributed by atoms with Gasteiger partial charge >= 0.3 is 0 Å². The lowest BCUT2D eigenvalue weighted by molar-refractivity contribution is -0.142. The number of aliphatic hydroxyl groups is 1. The number of hydrogen-bond acceptors (Lipinski definition) is 5. The number of piperazine rings is 1. The monoisotopic (exact) mass is 324 g/mol. The molecule has 2 amide bonds. The molecule has 2 atom stereocenters. The van der Waals surface area contributed by atoms with Gasteiger partial charge in [0.1, 0.15) is 5.41 Å². The van der Waals surface area contributed by atoms with E-state index in [9.17, 15) is 14.7 Å². The maximum absolute atomic E-state index is 12.6. The van der Waals surface area contributed by atoms with E-state index in [1.54, 1.807) is 4.90 Å². The van der Waals surface area contributed by atoms with Gasteiger partial charge in [0.05, 0.1) is 0 Å². The molecule has 2 aliphatic heterocycles. The Morgan fingerprint density at radius 2 is 1.74 bits per heavy atom. The van der Waals surface area contributed by atoms with Crippen LogP contribution in [0.1, 0.15) is 12.8 Å². The van der Waals surface area contributed by atoms with E-state index in [2.05, 4.69) is 16.8 Å². The molecule has 0 spiro atoms. The number of carbonyl (C=O) groups is 2. The first-order valence-electron chi connectivity index (χ1n) is 8.57. The summed E-state index contributed by atoms with van der Waals surface area (Å²) in [6.45, 7) is 6.36. The number of amides is 2. The van der Waals surface area contributed by atoms with Gasteiger partial charge in [-0.25, -0.2) is 0 Å². The lowest BCUT2D eigenvalue weighted by atomic mass is 9.96. The smallest absolute Gasteiger partial charge is 0.238 e. The summed E-state index contributed by atoms with van der Waals surface area (Å²) in [4.78, 5) is 30.7. The van der Waals surface area contributed by atoms with Crippen molar-refractivity contribution in [1.82, 2.24) is 14.7 Å². The first kappa shape index (κ1) is 16.7. The fourth-order valence-corrected chi connectivity index (χ4v) is 3.87. The van der Waals surface area contributed by atoms with Crippen LogP contribution in [-0.4, -0.2) is 91.1 Å². The van der Waals surface area contributed by atoms with Crippen molar-refractivity contribution in [3.63, 3.8) is 0 Å². The average Bonchev–Trinajstić information content (AvgIpc) is 3.25. The second-order valence-corrected chi connectivity index (χ2v) is 7.46. The summed E-state index contributed by atoms with van der Waals surface area (Å²) in [5.41, 5.74) is 4.48. The molecule has 0 aromatic carbocycles. The summed E-state index contributed by atoms with van der Waals surface area (Å²) in [7, 11) is 2.13. The topological polar surface area (TPSA) is 90.1 Å². The molecule has 1 aliphatic carbocycles. The summed E-state index contributed by atoms with van der Waals surface area (Å²) < 4.78 is 0. The van der Waals surface area contributed by atoms with Crippen molar-refractivity contribution >= 4 is 11.8 Å². The molecule has 0 radical (unpaired) electrons. The van der Waals surface area contributed by atoms with Crippen LogP contribution < -0.4 is 5.73 Å². The zero-order valence-corrected chi connectivity index (χ0v) is 13.9. The highest BCUT2D eigenvalue weighted by molar-refractivity contribution is 6.07. The van der Waals surface area contributed by atoms with Gasteiger partial charge in [0.25, 0.3) is 0 Å². The fourth-order valence-electron chi connectivity index (χ4n) is 3.87. The number of nitrogens with two attached hydrogens (primary N) is 1. The van der Waals surface area contributed by atoms with E-state index in [0.29, 0.717) is 25.9 Å². The first-order chi connectivity index (χ1) is 11.0. The number of primary amides is 1. The number of aliphatic hydroxyl groups excluding tert-OH is 1. The SMILES string of the molecule is CN1CCN(C[C@@H]2CN(C(=O)C3(C(N)=O)CC3)C[C@@H]2CO)CC1. The van der Waals surface area contributed by atoms with E-state index in [-0.39, 0.29) is 24.3 Å². The minimum absolute atomic E-state index is 0.0890. The van der Waals surface area contributed by atoms with Gasteiger partial charge in [-0.05, 0) is 25.8 Å². The van der Waals surface area contributed by atoms with Crippen LogP contribution in [0.25, 0.3) is 0 Å². The largest absolute Gasteiger partial charge is 0.396 e. The molecule has 0 aromatic heterocycles. The van der Waals surface area contributed by atoms with Crippen LogP contribution in [0.3, 0.4) is 0 Å². The van der Waals surface area contributed by atoms with Crippen molar-refractivity contribution in [2.75, 3.05) is 59.5 Å². The predicted octanol–water partition coefficient (Wildman–Crippen LogP) is -1.43. The molecule has 2 heterocycles. The second-order valence-electron chi connectivity index (χ2n) is 7.46. The average molecular weight is 324 g/mol. The van der Waals surface area contributed by atoms with Gasteiger partial charge in [-0.2, -0.15) is 0 Å². The third-order valence-corrected chi connectivity index (χ3v) is 5.82. The molecule has 23 heavy (non-hydrogen) atoms. The highest BCUT2D eigenvalue weighted by Crippen LogP contribution is 2.47. The number of rotatable bonds is 5. The van der Waals surface area contributed by atoms with Gasteiger partial charge < -0.3 is 25.5 Å². The highest BCUT2D eigenvalue weighted by atomic mass is 16.3. The van der Waals surface area contributed by atoms with Crippen molar-refractivity contribution < 1.29 is 14.7 Å². The van der Waals surface area contributed by atoms with Gasteiger partial charge in [0.2, 0.25) is 11.8 Å². The normalized spacial score (nSPS) is 31.3. The van der Waals surface area contributed by atoms with Gasteiger partial charge in [-0.1, -0.05) is 0 Å². The summed E-state index contributed by atoms with van der Waals surface area (Å²) in [5, 5.41) is 9.68. The Labute approximate surface area is 137 Å². The van der Waals surface area contributed by atoms with Crippen molar-refractivity contribution in [3.8, 4) is 0 Å². The molecule has 3 N–H and O–H groups in total. The summed E-state index contributed by atoms with van der Waals surface area (Å²) in [5.74, 6) is -0.242. The number of likely N-dealkylation sites (N-methyl/N-ethyl adjacent to an activating group) is 1. The molecule has 7 heteroatoms. The Kier molecular flexibility index (Phi) is 4.62. The van der Waals surface area contributed by atoms with Crippen LogP contribution in [0.4, 0.5) is 0 Å². The summed E-state index contributed by atoms with van der Waals surface area (Å²) in [6.07, 6.45) is 1.15. The molecule has 3 rings (SSSR count). The van der Waals surface area contributed by atoms with E-state index in [1.807, 2.05) is 0 Å². The minimum atomic E-state index is -0.942. The van der Waals surface area contributed by atoms with Crippen LogP contribution in [-0.2, 0) is 9.59 Å². The van der Waals surface area contributed by atoms with Crippen LogP contribution >= 0.6 is 0 Å². The van der Waals surface area contributed by atoms with E-state index in [0.717, 1.165) is 32.7 Å². The van der Waals surface area contributed by atoms with Crippen molar-refractivity contribution in [1.29, 1.82) is 0 Å². The van der Waals surface area contributed by atoms with Crippen LogP contribution in [0.2, 0.25) is 0 Å². The molecule has 130 valence electrons. The Morgan fingerprint density at radius 1 is 1.13 bits per heavy atom. The first-order valence-corrected chi connectivity index (χ1v) is 8.57. The van der Waals surface area contributed by atoms with Crippen molar-refractivity contribution in [3.05, 3.63) is 0 Å². The molecule has 1 saturated carbocycles. The molecular formula is C16H28N4O3. The highest BCUT2D eigenvalue weighted by Gasteiger charge is 2.58. The van der Waals surface area contributed by atoms with E-state index in [4.69, 9.17) is 5.73 Å². The summed E-state index contributed by atoms with van der Waals surface area (Å²) in [6, 6.07) is 0. The van der Waals surface area contributed by atoms with Gasteiger partial charge in [0, 0.05) is 58.3 Å². The Morgan fingerprint density at radius 3 is 2.26 bits per heavy atom.